The Morgan fingerprint density at radius 1 is 1.06 bits per heavy atom. The van der Waals surface area contributed by atoms with E-state index in [-0.39, 0.29) is 12.6 Å². The predicted molar refractivity (Wildman–Crippen MR) is 78.0 cm³/mol. The van der Waals surface area contributed by atoms with Crippen molar-refractivity contribution in [1.29, 1.82) is 0 Å². The summed E-state index contributed by atoms with van der Waals surface area (Å²) in [6.07, 6.45) is -0.696. The Morgan fingerprint density at radius 2 is 1.50 bits per heavy atom. The van der Waals surface area contributed by atoms with Gasteiger partial charge in [-0.3, -0.25) is 0 Å². The molecule has 0 spiro atoms. The zero-order valence-electron chi connectivity index (χ0n) is 11.4. The van der Waals surface area contributed by atoms with Gasteiger partial charge in [0, 0.05) is 27.4 Å². The molecule has 0 heterocycles. The number of methoxy groups -OCH3 is 2. The Morgan fingerprint density at radius 3 is 1.83 bits per heavy atom. The van der Waals surface area contributed by atoms with Crippen molar-refractivity contribution in [3.8, 4) is 0 Å². The maximum absolute atomic E-state index is 5.47. The maximum Gasteiger partial charge on any atom is 0.174 e. The summed E-state index contributed by atoms with van der Waals surface area (Å²) in [6, 6.07) is 0. The summed E-state index contributed by atoms with van der Waals surface area (Å²) < 4.78 is 21.7. The van der Waals surface area contributed by atoms with Crippen molar-refractivity contribution in [1.82, 2.24) is 4.90 Å². The zero-order valence-corrected chi connectivity index (χ0v) is 13.1. The van der Waals surface area contributed by atoms with Crippen molar-refractivity contribution in [3.05, 3.63) is 0 Å². The van der Waals surface area contributed by atoms with Crippen LogP contribution in [0.25, 0.3) is 0 Å². The molecule has 18 heavy (non-hydrogen) atoms. The van der Waals surface area contributed by atoms with E-state index in [0.717, 1.165) is 0 Å². The molecule has 0 aliphatic carbocycles. The van der Waals surface area contributed by atoms with Gasteiger partial charge in [-0.15, -0.1) is 12.6 Å². The van der Waals surface area contributed by atoms with E-state index in [2.05, 4.69) is 12.6 Å². The van der Waals surface area contributed by atoms with Gasteiger partial charge in [0.25, 0.3) is 0 Å². The van der Waals surface area contributed by atoms with Crippen LogP contribution in [0.5, 0.6) is 0 Å². The minimum atomic E-state index is -0.362. The molecule has 0 aromatic heterocycles. The maximum atomic E-state index is 5.47. The molecular weight excluding hydrogens is 274 g/mol. The van der Waals surface area contributed by atoms with Crippen LogP contribution in [0.2, 0.25) is 0 Å². The van der Waals surface area contributed by atoms with Crippen LogP contribution < -0.4 is 0 Å². The number of rotatable bonds is 10. The minimum Gasteiger partial charge on any atom is -0.354 e. The highest BCUT2D eigenvalue weighted by Crippen LogP contribution is 2.06. The highest BCUT2D eigenvalue weighted by Gasteiger charge is 2.19. The van der Waals surface area contributed by atoms with E-state index in [1.54, 1.807) is 14.2 Å². The third-order valence-electron chi connectivity index (χ3n) is 2.24. The van der Waals surface area contributed by atoms with Crippen molar-refractivity contribution >= 4 is 29.2 Å². The molecule has 0 fully saturated rings. The first kappa shape index (κ1) is 18.1. The molecule has 0 aromatic carbocycles. The lowest BCUT2D eigenvalue weighted by Crippen LogP contribution is -2.42. The van der Waals surface area contributed by atoms with Gasteiger partial charge >= 0.3 is 0 Å². The van der Waals surface area contributed by atoms with E-state index in [0.29, 0.717) is 30.6 Å². The SMILES string of the molecule is CCOC(CN(CC(OC)OC)C(=S)S)OCC. The zero-order chi connectivity index (χ0) is 14.0. The van der Waals surface area contributed by atoms with E-state index < -0.39 is 0 Å². The third-order valence-corrected chi connectivity index (χ3v) is 2.78. The molecule has 0 aliphatic rings. The molecule has 108 valence electrons. The van der Waals surface area contributed by atoms with E-state index >= 15 is 0 Å². The summed E-state index contributed by atoms with van der Waals surface area (Å²) in [7, 11) is 3.16. The lowest BCUT2D eigenvalue weighted by Gasteiger charge is -2.29. The molecule has 0 bridgehead atoms. The van der Waals surface area contributed by atoms with Crippen molar-refractivity contribution in [2.45, 2.75) is 26.4 Å². The molecule has 0 saturated heterocycles. The van der Waals surface area contributed by atoms with Gasteiger partial charge in [-0.2, -0.15) is 0 Å². The molecule has 0 radical (unpaired) electrons. The van der Waals surface area contributed by atoms with Crippen molar-refractivity contribution in [2.75, 3.05) is 40.5 Å². The smallest absolute Gasteiger partial charge is 0.174 e. The molecule has 0 atom stereocenters. The molecule has 0 rings (SSSR count). The van der Waals surface area contributed by atoms with Gasteiger partial charge in [0.1, 0.15) is 4.32 Å². The van der Waals surface area contributed by atoms with Crippen molar-refractivity contribution in [2.24, 2.45) is 0 Å². The highest BCUT2D eigenvalue weighted by atomic mass is 32.1. The fourth-order valence-electron chi connectivity index (χ4n) is 1.36. The average Bonchev–Trinajstić information content (AvgIpc) is 2.34. The van der Waals surface area contributed by atoms with E-state index in [9.17, 15) is 0 Å². The van der Waals surface area contributed by atoms with Gasteiger partial charge in [-0.05, 0) is 13.8 Å². The van der Waals surface area contributed by atoms with Gasteiger partial charge in [-0.1, -0.05) is 12.2 Å². The van der Waals surface area contributed by atoms with Crippen LogP contribution in [0, 0.1) is 0 Å². The number of ether oxygens (including phenoxy) is 4. The molecule has 5 nitrogen and oxygen atoms in total. The molecule has 0 N–H and O–H groups in total. The van der Waals surface area contributed by atoms with Crippen molar-refractivity contribution in [3.63, 3.8) is 0 Å². The molecular formula is C11H23NO4S2. The van der Waals surface area contributed by atoms with Crippen LogP contribution in [0.4, 0.5) is 0 Å². The third kappa shape index (κ3) is 7.50. The molecule has 0 aromatic rings. The van der Waals surface area contributed by atoms with Gasteiger partial charge in [0.05, 0.1) is 13.1 Å². The normalized spacial score (nSPS) is 11.3. The fraction of sp³-hybridized carbons (Fsp3) is 0.909. The Labute approximate surface area is 120 Å². The average molecular weight is 297 g/mol. The summed E-state index contributed by atoms with van der Waals surface area (Å²) in [5.74, 6) is 0. The van der Waals surface area contributed by atoms with Gasteiger partial charge < -0.3 is 23.8 Å². The summed E-state index contributed by atoms with van der Waals surface area (Å²) in [6.45, 7) is 5.97. The number of thiol groups is 1. The minimum absolute atomic E-state index is 0.334. The number of thiocarbonyl (C=S) groups is 1. The van der Waals surface area contributed by atoms with E-state index in [1.165, 1.54) is 0 Å². The summed E-state index contributed by atoms with van der Waals surface area (Å²) in [4.78, 5) is 1.83. The van der Waals surface area contributed by atoms with Crippen LogP contribution in [-0.4, -0.2) is 62.3 Å². The second-order valence-corrected chi connectivity index (χ2v) is 4.54. The van der Waals surface area contributed by atoms with E-state index in [1.807, 2.05) is 18.7 Å². The van der Waals surface area contributed by atoms with Crippen LogP contribution in [0.1, 0.15) is 13.8 Å². The number of hydrogen-bond acceptors (Lipinski definition) is 5. The summed E-state index contributed by atoms with van der Waals surface area (Å²) in [5.41, 5.74) is 0. The topological polar surface area (TPSA) is 40.2 Å². The summed E-state index contributed by atoms with van der Waals surface area (Å²) >= 11 is 9.28. The van der Waals surface area contributed by atoms with E-state index in [4.69, 9.17) is 31.2 Å². The standard InChI is InChI=1S/C11H23NO4S2/c1-5-15-10(16-6-2)8-12(11(17)18)7-9(13-3)14-4/h9-10H,5-8H2,1-4H3,(H,17,18). The molecule has 0 amide bonds. The molecule has 7 heteroatoms. The Hall–Kier alpha value is 0.0800. The van der Waals surface area contributed by atoms with Crippen LogP contribution in [0.3, 0.4) is 0 Å². The lowest BCUT2D eigenvalue weighted by atomic mass is 10.4. The fourth-order valence-corrected chi connectivity index (χ4v) is 1.67. The predicted octanol–water partition coefficient (Wildman–Crippen LogP) is 1.52. The van der Waals surface area contributed by atoms with Crippen LogP contribution >= 0.6 is 24.8 Å². The second kappa shape index (κ2) is 11.0. The van der Waals surface area contributed by atoms with Gasteiger partial charge in [0.15, 0.2) is 12.6 Å². The second-order valence-electron chi connectivity index (χ2n) is 3.43. The first-order valence-electron chi connectivity index (χ1n) is 5.85. The number of nitrogens with zero attached hydrogens (tertiary/aromatic N) is 1. The quantitative estimate of drug-likeness (QED) is 0.374. The lowest BCUT2D eigenvalue weighted by molar-refractivity contribution is -0.152. The van der Waals surface area contributed by atoms with Crippen LogP contribution in [0.15, 0.2) is 0 Å². The number of hydrogen-bond donors (Lipinski definition) is 1. The summed E-state index contributed by atoms with van der Waals surface area (Å²) in [5, 5.41) is 0. The Balaban J connectivity index is 4.43. The van der Waals surface area contributed by atoms with Gasteiger partial charge in [0.2, 0.25) is 0 Å². The van der Waals surface area contributed by atoms with Gasteiger partial charge in [-0.25, -0.2) is 0 Å². The molecule has 0 unspecified atom stereocenters. The van der Waals surface area contributed by atoms with Crippen molar-refractivity contribution < 1.29 is 18.9 Å². The Kier molecular flexibility index (Phi) is 11.0. The first-order valence-corrected chi connectivity index (χ1v) is 6.71. The largest absolute Gasteiger partial charge is 0.354 e. The molecule has 0 aliphatic heterocycles. The first-order chi connectivity index (χ1) is 8.58. The molecule has 0 saturated carbocycles. The monoisotopic (exact) mass is 297 g/mol. The highest BCUT2D eigenvalue weighted by molar-refractivity contribution is 8.10. The van der Waals surface area contributed by atoms with Crippen LogP contribution in [-0.2, 0) is 18.9 Å². The Bertz CT molecular complexity index is 221.